The smallest absolute Gasteiger partial charge is 0.335 e. The van der Waals surface area contributed by atoms with E-state index in [0.29, 0.717) is 20.6 Å². The summed E-state index contributed by atoms with van der Waals surface area (Å²) < 4.78 is 25.0. The molecule has 0 bridgehead atoms. The van der Waals surface area contributed by atoms with E-state index in [2.05, 4.69) is 10.6 Å². The topological polar surface area (TPSA) is 114 Å². The standard InChI is InChI=1S/C27H21FIN3O6/c1-15-5-3-4-6-21(15)30-23(33)14-38-24-20(29)12-16(13-22(24)37-2)11-19-25(34)31-27(36)32(26(19)35)18-9-7-17(28)8-10-18/h3-13H,14H2,1-2H3,(H,30,33)(H,31,34,36)/b19-11+. The van der Waals surface area contributed by atoms with Crippen LogP contribution in [0.3, 0.4) is 0 Å². The van der Waals surface area contributed by atoms with Gasteiger partial charge in [0, 0.05) is 5.69 Å². The molecular formula is C27H21FIN3O6. The van der Waals surface area contributed by atoms with Crippen molar-refractivity contribution in [2.45, 2.75) is 6.92 Å². The Bertz CT molecular complexity index is 1470. The summed E-state index contributed by atoms with van der Waals surface area (Å²) in [6.45, 7) is 1.60. The second kappa shape index (κ2) is 11.4. The number of amides is 5. The second-order valence-corrected chi connectivity index (χ2v) is 9.28. The Morgan fingerprint density at radius 3 is 2.50 bits per heavy atom. The molecule has 1 aliphatic rings. The van der Waals surface area contributed by atoms with Gasteiger partial charge < -0.3 is 14.8 Å². The largest absolute Gasteiger partial charge is 0.493 e. The van der Waals surface area contributed by atoms with Crippen molar-refractivity contribution in [1.82, 2.24) is 5.32 Å². The van der Waals surface area contributed by atoms with Crippen molar-refractivity contribution in [3.05, 3.63) is 86.8 Å². The van der Waals surface area contributed by atoms with Crippen LogP contribution < -0.4 is 25.0 Å². The number of carbonyl (C=O) groups is 4. The molecule has 0 saturated carbocycles. The number of anilines is 2. The predicted molar refractivity (Wildman–Crippen MR) is 146 cm³/mol. The van der Waals surface area contributed by atoms with Crippen LogP contribution in [0.25, 0.3) is 6.08 Å². The second-order valence-electron chi connectivity index (χ2n) is 8.12. The van der Waals surface area contributed by atoms with E-state index >= 15 is 0 Å². The monoisotopic (exact) mass is 629 g/mol. The van der Waals surface area contributed by atoms with Crippen molar-refractivity contribution in [2.75, 3.05) is 23.9 Å². The van der Waals surface area contributed by atoms with Crippen LogP contribution in [0.5, 0.6) is 11.5 Å². The van der Waals surface area contributed by atoms with Crippen molar-refractivity contribution in [2.24, 2.45) is 0 Å². The number of benzene rings is 3. The summed E-state index contributed by atoms with van der Waals surface area (Å²) in [6, 6.07) is 14.3. The van der Waals surface area contributed by atoms with E-state index in [-0.39, 0.29) is 29.5 Å². The Balaban J connectivity index is 1.56. The molecule has 1 aliphatic heterocycles. The zero-order chi connectivity index (χ0) is 27.4. The van der Waals surface area contributed by atoms with Crippen LogP contribution in [0.4, 0.5) is 20.6 Å². The van der Waals surface area contributed by atoms with Crippen LogP contribution in [0.1, 0.15) is 11.1 Å². The number of halogens is 2. The average molecular weight is 629 g/mol. The predicted octanol–water partition coefficient (Wildman–Crippen LogP) is 4.43. The van der Waals surface area contributed by atoms with Gasteiger partial charge in [-0.1, -0.05) is 18.2 Å². The Labute approximate surface area is 230 Å². The number of para-hydroxylation sites is 1. The summed E-state index contributed by atoms with van der Waals surface area (Å²) in [6.07, 6.45) is 1.31. The van der Waals surface area contributed by atoms with E-state index in [9.17, 15) is 23.6 Å². The van der Waals surface area contributed by atoms with Crippen LogP contribution in [0.2, 0.25) is 0 Å². The molecule has 1 heterocycles. The number of rotatable bonds is 7. The van der Waals surface area contributed by atoms with Gasteiger partial charge in [0.2, 0.25) is 0 Å². The lowest BCUT2D eigenvalue weighted by atomic mass is 10.1. The molecule has 1 fully saturated rings. The third kappa shape index (κ3) is 5.83. The van der Waals surface area contributed by atoms with E-state index in [1.165, 1.54) is 31.4 Å². The minimum Gasteiger partial charge on any atom is -0.493 e. The number of barbiturate groups is 1. The first kappa shape index (κ1) is 26.8. The molecule has 0 atom stereocenters. The minimum absolute atomic E-state index is 0.104. The number of nitrogens with one attached hydrogen (secondary N) is 2. The van der Waals surface area contributed by atoms with Gasteiger partial charge >= 0.3 is 6.03 Å². The molecule has 1 saturated heterocycles. The Morgan fingerprint density at radius 2 is 1.82 bits per heavy atom. The summed E-state index contributed by atoms with van der Waals surface area (Å²) in [4.78, 5) is 51.1. The highest BCUT2D eigenvalue weighted by Crippen LogP contribution is 2.35. The fourth-order valence-corrected chi connectivity index (χ4v) is 4.43. The first-order valence-electron chi connectivity index (χ1n) is 11.2. The number of aryl methyl sites for hydroxylation is 1. The quantitative estimate of drug-likeness (QED) is 0.227. The minimum atomic E-state index is -0.941. The zero-order valence-corrected chi connectivity index (χ0v) is 22.4. The van der Waals surface area contributed by atoms with E-state index in [1.807, 2.05) is 47.7 Å². The van der Waals surface area contributed by atoms with Crippen molar-refractivity contribution < 1.29 is 33.0 Å². The first-order chi connectivity index (χ1) is 18.2. The van der Waals surface area contributed by atoms with Gasteiger partial charge in [-0.15, -0.1) is 0 Å². The van der Waals surface area contributed by atoms with Crippen molar-refractivity contribution in [3.63, 3.8) is 0 Å². The zero-order valence-electron chi connectivity index (χ0n) is 20.2. The van der Waals surface area contributed by atoms with Crippen LogP contribution in [0.15, 0.2) is 66.2 Å². The Morgan fingerprint density at radius 1 is 1.11 bits per heavy atom. The van der Waals surface area contributed by atoms with Crippen molar-refractivity contribution >= 4 is 63.8 Å². The van der Waals surface area contributed by atoms with E-state index in [4.69, 9.17) is 9.47 Å². The molecule has 0 spiro atoms. The maximum Gasteiger partial charge on any atom is 0.335 e. The SMILES string of the molecule is COc1cc(/C=C2\C(=O)NC(=O)N(c3ccc(F)cc3)C2=O)cc(I)c1OCC(=O)Nc1ccccc1C. The molecule has 9 nitrogen and oxygen atoms in total. The number of hydrogen-bond acceptors (Lipinski definition) is 6. The van der Waals surface area contributed by atoms with Gasteiger partial charge in [-0.3, -0.25) is 19.7 Å². The van der Waals surface area contributed by atoms with Crippen LogP contribution >= 0.6 is 22.6 Å². The fraction of sp³-hybridized carbons (Fsp3) is 0.111. The number of carbonyl (C=O) groups excluding carboxylic acids is 4. The molecule has 0 radical (unpaired) electrons. The lowest BCUT2D eigenvalue weighted by Crippen LogP contribution is -2.54. The first-order valence-corrected chi connectivity index (χ1v) is 12.3. The third-order valence-electron chi connectivity index (χ3n) is 5.52. The van der Waals surface area contributed by atoms with Gasteiger partial charge in [-0.05, 0) is 89.2 Å². The molecule has 2 N–H and O–H groups in total. The van der Waals surface area contributed by atoms with Gasteiger partial charge in [0.05, 0.1) is 16.4 Å². The summed E-state index contributed by atoms with van der Waals surface area (Å²) >= 11 is 1.98. The molecule has 38 heavy (non-hydrogen) atoms. The normalized spacial score (nSPS) is 14.4. The molecule has 5 amide bonds. The summed E-state index contributed by atoms with van der Waals surface area (Å²) in [5, 5.41) is 4.90. The maximum atomic E-state index is 13.3. The van der Waals surface area contributed by atoms with Gasteiger partial charge in [0.1, 0.15) is 11.4 Å². The molecule has 11 heteroatoms. The molecule has 3 aromatic rings. The van der Waals surface area contributed by atoms with Gasteiger partial charge in [0.25, 0.3) is 17.7 Å². The number of hydrogen-bond donors (Lipinski definition) is 2. The van der Waals surface area contributed by atoms with Crippen molar-refractivity contribution in [1.29, 1.82) is 0 Å². The van der Waals surface area contributed by atoms with E-state index in [1.54, 1.807) is 12.1 Å². The lowest BCUT2D eigenvalue weighted by Gasteiger charge is -2.26. The summed E-state index contributed by atoms with van der Waals surface area (Å²) in [7, 11) is 1.41. The number of ether oxygens (including phenoxy) is 2. The van der Waals surface area contributed by atoms with Crippen LogP contribution in [-0.2, 0) is 14.4 Å². The number of imide groups is 2. The van der Waals surface area contributed by atoms with Gasteiger partial charge in [-0.2, -0.15) is 0 Å². The Kier molecular flexibility index (Phi) is 8.05. The molecule has 194 valence electrons. The van der Waals surface area contributed by atoms with E-state index in [0.717, 1.165) is 22.6 Å². The molecule has 0 unspecified atom stereocenters. The maximum absolute atomic E-state index is 13.3. The van der Waals surface area contributed by atoms with Gasteiger partial charge in [0.15, 0.2) is 18.1 Å². The molecular weight excluding hydrogens is 608 g/mol. The highest BCUT2D eigenvalue weighted by Gasteiger charge is 2.37. The van der Waals surface area contributed by atoms with Crippen molar-refractivity contribution in [3.8, 4) is 11.5 Å². The lowest BCUT2D eigenvalue weighted by molar-refractivity contribution is -0.122. The highest BCUT2D eigenvalue weighted by atomic mass is 127. The number of methoxy groups -OCH3 is 1. The van der Waals surface area contributed by atoms with Gasteiger partial charge in [-0.25, -0.2) is 14.1 Å². The summed E-state index contributed by atoms with van der Waals surface area (Å²) in [5.41, 5.74) is 1.79. The molecule has 3 aromatic carbocycles. The van der Waals surface area contributed by atoms with Crippen LogP contribution in [0, 0.1) is 16.3 Å². The molecule has 0 aromatic heterocycles. The number of urea groups is 1. The third-order valence-corrected chi connectivity index (χ3v) is 6.32. The molecule has 0 aliphatic carbocycles. The highest BCUT2D eigenvalue weighted by molar-refractivity contribution is 14.1. The summed E-state index contributed by atoms with van der Waals surface area (Å²) in [5.74, 6) is -2.08. The fourth-order valence-electron chi connectivity index (χ4n) is 3.65. The molecule has 4 rings (SSSR count). The Hall–Kier alpha value is -4.26. The van der Waals surface area contributed by atoms with E-state index < -0.39 is 23.7 Å². The average Bonchev–Trinajstić information content (AvgIpc) is 2.88. The van der Waals surface area contributed by atoms with Crippen LogP contribution in [-0.4, -0.2) is 37.5 Å². The number of nitrogens with zero attached hydrogens (tertiary/aromatic N) is 1.